The molecule has 3 heteroatoms. The SMILES string of the molecule is CC[C@@H](N)c1cccc(Br)c1F. The molecule has 0 amide bonds. The highest BCUT2D eigenvalue weighted by molar-refractivity contribution is 9.10. The fourth-order valence-electron chi connectivity index (χ4n) is 1.03. The summed E-state index contributed by atoms with van der Waals surface area (Å²) in [6.45, 7) is 1.94. The molecule has 0 unspecified atom stereocenters. The van der Waals surface area contributed by atoms with E-state index in [-0.39, 0.29) is 11.9 Å². The van der Waals surface area contributed by atoms with Crippen molar-refractivity contribution in [3.8, 4) is 0 Å². The summed E-state index contributed by atoms with van der Waals surface area (Å²) < 4.78 is 13.8. The molecule has 0 aromatic heterocycles. The molecule has 1 atom stereocenters. The number of nitrogens with two attached hydrogens (primary N) is 1. The molecule has 2 N–H and O–H groups in total. The molecule has 1 aromatic carbocycles. The van der Waals surface area contributed by atoms with Gasteiger partial charge in [-0.1, -0.05) is 19.1 Å². The van der Waals surface area contributed by atoms with Crippen molar-refractivity contribution in [1.29, 1.82) is 0 Å². The Bertz CT molecular complexity index is 275. The van der Waals surface area contributed by atoms with Gasteiger partial charge < -0.3 is 5.73 Å². The van der Waals surface area contributed by atoms with Crippen molar-refractivity contribution in [2.45, 2.75) is 19.4 Å². The topological polar surface area (TPSA) is 26.0 Å². The van der Waals surface area contributed by atoms with E-state index >= 15 is 0 Å². The zero-order valence-electron chi connectivity index (χ0n) is 6.85. The molecule has 0 fully saturated rings. The van der Waals surface area contributed by atoms with Gasteiger partial charge in [0.2, 0.25) is 0 Å². The van der Waals surface area contributed by atoms with Crippen LogP contribution in [0.25, 0.3) is 0 Å². The smallest absolute Gasteiger partial charge is 0.142 e. The molecule has 0 aliphatic rings. The van der Waals surface area contributed by atoms with Crippen LogP contribution < -0.4 is 5.73 Å². The molecule has 0 aliphatic heterocycles. The van der Waals surface area contributed by atoms with Crippen molar-refractivity contribution in [3.05, 3.63) is 34.1 Å². The van der Waals surface area contributed by atoms with E-state index in [1.54, 1.807) is 18.2 Å². The van der Waals surface area contributed by atoms with Crippen LogP contribution in [-0.4, -0.2) is 0 Å². The van der Waals surface area contributed by atoms with Gasteiger partial charge in [0.05, 0.1) is 4.47 Å². The van der Waals surface area contributed by atoms with Crippen LogP contribution in [0.1, 0.15) is 24.9 Å². The van der Waals surface area contributed by atoms with Gasteiger partial charge in [0.15, 0.2) is 0 Å². The lowest BCUT2D eigenvalue weighted by molar-refractivity contribution is 0.570. The first-order valence-corrected chi connectivity index (χ1v) is 4.65. The summed E-state index contributed by atoms with van der Waals surface area (Å²) in [5, 5.41) is 0. The van der Waals surface area contributed by atoms with Crippen LogP contribution in [0, 0.1) is 5.82 Å². The Balaban J connectivity index is 3.07. The largest absolute Gasteiger partial charge is 0.324 e. The second-order valence-corrected chi connectivity index (χ2v) is 3.51. The molecule has 0 radical (unpaired) electrons. The first-order chi connectivity index (χ1) is 5.66. The molecule has 1 nitrogen and oxygen atoms in total. The van der Waals surface area contributed by atoms with E-state index in [0.717, 1.165) is 6.42 Å². The lowest BCUT2D eigenvalue weighted by Gasteiger charge is -2.10. The molecule has 0 saturated carbocycles. The predicted molar refractivity (Wildman–Crippen MR) is 51.3 cm³/mol. The average Bonchev–Trinajstić information content (AvgIpc) is 2.08. The Morgan fingerprint density at radius 3 is 2.83 bits per heavy atom. The fourth-order valence-corrected chi connectivity index (χ4v) is 1.41. The number of benzene rings is 1. The zero-order valence-corrected chi connectivity index (χ0v) is 8.44. The zero-order chi connectivity index (χ0) is 9.14. The van der Waals surface area contributed by atoms with Gasteiger partial charge in [-0.2, -0.15) is 0 Å². The lowest BCUT2D eigenvalue weighted by Crippen LogP contribution is -2.10. The molecule has 1 rings (SSSR count). The van der Waals surface area contributed by atoms with Crippen LogP contribution in [0.2, 0.25) is 0 Å². The van der Waals surface area contributed by atoms with Crippen LogP contribution >= 0.6 is 15.9 Å². The average molecular weight is 232 g/mol. The standard InChI is InChI=1S/C9H11BrFN/c1-2-8(12)6-4-3-5-7(10)9(6)11/h3-5,8H,2,12H2,1H3/t8-/m1/s1. The second kappa shape index (κ2) is 4.01. The third-order valence-corrected chi connectivity index (χ3v) is 2.43. The summed E-state index contributed by atoms with van der Waals surface area (Å²) in [6.07, 6.45) is 0.743. The van der Waals surface area contributed by atoms with Gasteiger partial charge in [-0.25, -0.2) is 4.39 Å². The Kier molecular flexibility index (Phi) is 3.23. The molecular weight excluding hydrogens is 221 g/mol. The maximum absolute atomic E-state index is 13.3. The van der Waals surface area contributed by atoms with Crippen LogP contribution in [0.15, 0.2) is 22.7 Å². The van der Waals surface area contributed by atoms with E-state index < -0.39 is 0 Å². The number of rotatable bonds is 2. The highest BCUT2D eigenvalue weighted by atomic mass is 79.9. The highest BCUT2D eigenvalue weighted by Crippen LogP contribution is 2.23. The predicted octanol–water partition coefficient (Wildman–Crippen LogP) is 3.00. The van der Waals surface area contributed by atoms with Gasteiger partial charge in [0, 0.05) is 11.6 Å². The number of halogens is 2. The van der Waals surface area contributed by atoms with E-state index in [4.69, 9.17) is 5.73 Å². The van der Waals surface area contributed by atoms with E-state index in [1.807, 2.05) is 6.92 Å². The van der Waals surface area contributed by atoms with Crippen LogP contribution in [-0.2, 0) is 0 Å². The minimum Gasteiger partial charge on any atom is -0.324 e. The van der Waals surface area contributed by atoms with E-state index in [9.17, 15) is 4.39 Å². The Labute approximate surface area is 79.9 Å². The Hall–Kier alpha value is -0.410. The maximum atomic E-state index is 13.3. The Morgan fingerprint density at radius 1 is 1.58 bits per heavy atom. The summed E-state index contributed by atoms with van der Waals surface area (Å²) in [4.78, 5) is 0. The summed E-state index contributed by atoms with van der Waals surface area (Å²) in [5.41, 5.74) is 6.28. The highest BCUT2D eigenvalue weighted by Gasteiger charge is 2.10. The normalized spacial score (nSPS) is 13.0. The quantitative estimate of drug-likeness (QED) is 0.833. The third-order valence-electron chi connectivity index (χ3n) is 1.82. The van der Waals surface area contributed by atoms with Gasteiger partial charge in [0.1, 0.15) is 5.82 Å². The van der Waals surface area contributed by atoms with Gasteiger partial charge in [-0.15, -0.1) is 0 Å². The molecular formula is C9H11BrFN. The first-order valence-electron chi connectivity index (χ1n) is 3.86. The third kappa shape index (κ3) is 1.84. The molecule has 0 bridgehead atoms. The molecule has 1 aromatic rings. The molecule has 0 aliphatic carbocycles. The van der Waals surface area contributed by atoms with Crippen molar-refractivity contribution in [2.24, 2.45) is 5.73 Å². The van der Waals surface area contributed by atoms with Crippen molar-refractivity contribution in [3.63, 3.8) is 0 Å². The van der Waals surface area contributed by atoms with E-state index in [0.29, 0.717) is 10.0 Å². The molecule has 0 spiro atoms. The molecule has 12 heavy (non-hydrogen) atoms. The summed E-state index contributed by atoms with van der Waals surface area (Å²) in [7, 11) is 0. The van der Waals surface area contributed by atoms with Gasteiger partial charge in [0.25, 0.3) is 0 Å². The van der Waals surface area contributed by atoms with Gasteiger partial charge >= 0.3 is 0 Å². The molecule has 66 valence electrons. The number of hydrogen-bond acceptors (Lipinski definition) is 1. The van der Waals surface area contributed by atoms with Crippen LogP contribution in [0.4, 0.5) is 4.39 Å². The minimum atomic E-state index is -0.244. The summed E-state index contributed by atoms with van der Waals surface area (Å²) in [6, 6.07) is 4.97. The van der Waals surface area contributed by atoms with Crippen LogP contribution in [0.5, 0.6) is 0 Å². The first kappa shape index (κ1) is 9.68. The molecule has 0 heterocycles. The van der Waals surface area contributed by atoms with E-state index in [2.05, 4.69) is 15.9 Å². The maximum Gasteiger partial charge on any atom is 0.142 e. The monoisotopic (exact) mass is 231 g/mol. The molecule has 0 saturated heterocycles. The van der Waals surface area contributed by atoms with Gasteiger partial charge in [-0.3, -0.25) is 0 Å². The number of hydrogen-bond donors (Lipinski definition) is 1. The second-order valence-electron chi connectivity index (χ2n) is 2.66. The fraction of sp³-hybridized carbons (Fsp3) is 0.333. The lowest BCUT2D eigenvalue weighted by atomic mass is 10.1. The van der Waals surface area contributed by atoms with Crippen molar-refractivity contribution >= 4 is 15.9 Å². The van der Waals surface area contributed by atoms with Crippen LogP contribution in [0.3, 0.4) is 0 Å². The minimum absolute atomic E-state index is 0.206. The summed E-state index contributed by atoms with van der Waals surface area (Å²) >= 11 is 3.11. The van der Waals surface area contributed by atoms with E-state index in [1.165, 1.54) is 0 Å². The van der Waals surface area contributed by atoms with Crippen molar-refractivity contribution in [2.75, 3.05) is 0 Å². The Morgan fingerprint density at radius 2 is 2.25 bits per heavy atom. The van der Waals surface area contributed by atoms with Crippen molar-refractivity contribution in [1.82, 2.24) is 0 Å². The van der Waals surface area contributed by atoms with Crippen molar-refractivity contribution < 1.29 is 4.39 Å². The van der Waals surface area contributed by atoms with Gasteiger partial charge in [-0.05, 0) is 28.4 Å². The summed E-state index contributed by atoms with van der Waals surface area (Å²) in [5.74, 6) is -0.244.